The Morgan fingerprint density at radius 1 is 0.944 bits per heavy atom. The van der Waals surface area contributed by atoms with Gasteiger partial charge in [-0.15, -0.1) is 0 Å². The normalized spacial score (nSPS) is 23.7. The molecule has 0 radical (unpaired) electrons. The lowest BCUT2D eigenvalue weighted by atomic mass is 10.2. The minimum Gasteiger partial charge on any atom is -0.369 e. The van der Waals surface area contributed by atoms with Gasteiger partial charge in [0.2, 0.25) is 0 Å². The van der Waals surface area contributed by atoms with Crippen LogP contribution in [0, 0.1) is 0 Å². The molecule has 1 atom stereocenters. The minimum atomic E-state index is 0.511. The van der Waals surface area contributed by atoms with Crippen LogP contribution in [-0.2, 0) is 0 Å². The molecule has 2 fully saturated rings. The van der Waals surface area contributed by atoms with Crippen molar-refractivity contribution >= 4 is 40.5 Å². The first kappa shape index (κ1) is 12.9. The van der Waals surface area contributed by atoms with Gasteiger partial charge in [0.15, 0.2) is 0 Å². The molecule has 1 aromatic carbocycles. The second-order valence-corrected chi connectivity index (χ2v) is 6.31. The van der Waals surface area contributed by atoms with Crippen molar-refractivity contribution in [2.45, 2.75) is 31.3 Å². The Kier molecular flexibility index (Phi) is 3.63. The maximum atomic E-state index is 6.24. The summed E-state index contributed by atoms with van der Waals surface area (Å²) in [5.74, 6) is 0. The first-order valence-electron chi connectivity index (χ1n) is 6.29. The summed E-state index contributed by atoms with van der Waals surface area (Å²) < 4.78 is 0. The van der Waals surface area contributed by atoms with E-state index in [1.807, 2.05) is 6.07 Å². The second-order valence-electron chi connectivity index (χ2n) is 5.09. The van der Waals surface area contributed by atoms with Crippen molar-refractivity contribution in [3.63, 3.8) is 0 Å². The Morgan fingerprint density at radius 2 is 1.67 bits per heavy atom. The van der Waals surface area contributed by atoms with Gasteiger partial charge in [-0.25, -0.2) is 0 Å². The van der Waals surface area contributed by atoms with Gasteiger partial charge in [0, 0.05) is 25.2 Å². The van der Waals surface area contributed by atoms with Crippen LogP contribution in [0.4, 0.5) is 5.69 Å². The van der Waals surface area contributed by atoms with Crippen molar-refractivity contribution in [2.75, 3.05) is 18.0 Å². The summed E-state index contributed by atoms with van der Waals surface area (Å²) in [6, 6.07) is 4.91. The molecule has 0 amide bonds. The molecule has 1 unspecified atom stereocenters. The fraction of sp³-hybridized carbons (Fsp3) is 0.538. The van der Waals surface area contributed by atoms with E-state index in [0.29, 0.717) is 21.1 Å². The van der Waals surface area contributed by atoms with Crippen molar-refractivity contribution in [3.05, 3.63) is 27.2 Å². The van der Waals surface area contributed by atoms with E-state index in [1.54, 1.807) is 6.07 Å². The van der Waals surface area contributed by atoms with Gasteiger partial charge in [0.05, 0.1) is 20.8 Å². The molecule has 2 nitrogen and oxygen atoms in total. The van der Waals surface area contributed by atoms with E-state index in [4.69, 9.17) is 34.8 Å². The first-order valence-corrected chi connectivity index (χ1v) is 7.42. The molecule has 1 aliphatic carbocycles. The van der Waals surface area contributed by atoms with Gasteiger partial charge < -0.3 is 10.2 Å². The molecule has 18 heavy (non-hydrogen) atoms. The zero-order valence-electron chi connectivity index (χ0n) is 9.93. The maximum Gasteiger partial charge on any atom is 0.0655 e. The molecule has 0 bridgehead atoms. The standard InChI is InChI=1S/C13H15Cl3N2/c14-10-5-12(16)13(6-11(10)15)18-4-3-9(7-18)17-8-1-2-8/h5-6,8-9,17H,1-4,7H2. The van der Waals surface area contributed by atoms with Crippen LogP contribution in [-0.4, -0.2) is 25.2 Å². The quantitative estimate of drug-likeness (QED) is 0.850. The van der Waals surface area contributed by atoms with E-state index >= 15 is 0 Å². The number of nitrogens with one attached hydrogen (secondary N) is 1. The molecule has 1 aliphatic heterocycles. The van der Waals surface area contributed by atoms with Crippen molar-refractivity contribution in [3.8, 4) is 0 Å². The predicted octanol–water partition coefficient (Wildman–Crippen LogP) is 3.98. The van der Waals surface area contributed by atoms with Gasteiger partial charge in [-0.3, -0.25) is 0 Å². The second kappa shape index (κ2) is 5.09. The molecule has 5 heteroatoms. The predicted molar refractivity (Wildman–Crippen MR) is 78.2 cm³/mol. The third kappa shape index (κ3) is 2.72. The summed E-state index contributed by atoms with van der Waals surface area (Å²) in [7, 11) is 0. The third-order valence-electron chi connectivity index (χ3n) is 3.57. The van der Waals surface area contributed by atoms with Gasteiger partial charge in [0.25, 0.3) is 0 Å². The molecule has 1 heterocycles. The fourth-order valence-electron chi connectivity index (χ4n) is 2.45. The molecule has 1 N–H and O–H groups in total. The Labute approximate surface area is 122 Å². The highest BCUT2D eigenvalue weighted by Crippen LogP contribution is 2.36. The molecule has 0 aromatic heterocycles. The first-order chi connectivity index (χ1) is 8.63. The fourth-order valence-corrected chi connectivity index (χ4v) is 3.11. The van der Waals surface area contributed by atoms with Gasteiger partial charge in [0.1, 0.15) is 0 Å². The molecule has 1 aromatic rings. The van der Waals surface area contributed by atoms with E-state index in [2.05, 4.69) is 10.2 Å². The highest BCUT2D eigenvalue weighted by Gasteiger charge is 2.30. The van der Waals surface area contributed by atoms with Crippen LogP contribution in [0.25, 0.3) is 0 Å². The number of hydrogen-bond acceptors (Lipinski definition) is 2. The summed E-state index contributed by atoms with van der Waals surface area (Å²) in [4.78, 5) is 2.28. The van der Waals surface area contributed by atoms with Gasteiger partial charge in [-0.05, 0) is 31.4 Å². The molecule has 1 saturated carbocycles. The number of hydrogen-bond donors (Lipinski definition) is 1. The third-order valence-corrected chi connectivity index (χ3v) is 4.59. The zero-order valence-corrected chi connectivity index (χ0v) is 12.2. The number of benzene rings is 1. The summed E-state index contributed by atoms with van der Waals surface area (Å²) in [6.45, 7) is 2.01. The average molecular weight is 306 g/mol. The van der Waals surface area contributed by atoms with E-state index in [0.717, 1.165) is 31.2 Å². The SMILES string of the molecule is Clc1cc(Cl)c(N2CCC(NC3CC3)C2)cc1Cl. The van der Waals surface area contributed by atoms with Crippen LogP contribution in [0.2, 0.25) is 15.1 Å². The molecule has 1 saturated heterocycles. The Morgan fingerprint density at radius 3 is 2.39 bits per heavy atom. The smallest absolute Gasteiger partial charge is 0.0655 e. The molecular formula is C13H15Cl3N2. The molecule has 98 valence electrons. The molecule has 0 spiro atoms. The summed E-state index contributed by atoms with van der Waals surface area (Å²) in [5.41, 5.74) is 0.992. The molecule has 2 aliphatic rings. The van der Waals surface area contributed by atoms with Crippen molar-refractivity contribution in [1.29, 1.82) is 0 Å². The molecule has 3 rings (SSSR count). The van der Waals surface area contributed by atoms with Crippen LogP contribution < -0.4 is 10.2 Å². The van der Waals surface area contributed by atoms with Crippen molar-refractivity contribution in [1.82, 2.24) is 5.32 Å². The average Bonchev–Trinajstić information content (AvgIpc) is 3.01. The summed E-state index contributed by atoms with van der Waals surface area (Å²) in [5, 5.41) is 5.41. The highest BCUT2D eigenvalue weighted by atomic mass is 35.5. The lowest BCUT2D eigenvalue weighted by Gasteiger charge is -2.21. The Bertz CT molecular complexity index is 460. The van der Waals surface area contributed by atoms with Crippen LogP contribution in [0.3, 0.4) is 0 Å². The van der Waals surface area contributed by atoms with Crippen LogP contribution >= 0.6 is 34.8 Å². The van der Waals surface area contributed by atoms with Crippen LogP contribution in [0.1, 0.15) is 19.3 Å². The highest BCUT2D eigenvalue weighted by molar-refractivity contribution is 6.44. The van der Waals surface area contributed by atoms with Crippen molar-refractivity contribution in [2.24, 2.45) is 0 Å². The number of anilines is 1. The lowest BCUT2D eigenvalue weighted by Crippen LogP contribution is -2.34. The van der Waals surface area contributed by atoms with E-state index < -0.39 is 0 Å². The minimum absolute atomic E-state index is 0.511. The molecular weight excluding hydrogens is 291 g/mol. The Balaban J connectivity index is 1.73. The van der Waals surface area contributed by atoms with Gasteiger partial charge >= 0.3 is 0 Å². The van der Waals surface area contributed by atoms with E-state index in [9.17, 15) is 0 Å². The Hall–Kier alpha value is -0.150. The maximum absolute atomic E-state index is 6.24. The summed E-state index contributed by atoms with van der Waals surface area (Å²) >= 11 is 18.3. The lowest BCUT2D eigenvalue weighted by molar-refractivity contribution is 0.548. The monoisotopic (exact) mass is 304 g/mol. The van der Waals surface area contributed by atoms with Crippen LogP contribution in [0.15, 0.2) is 12.1 Å². The van der Waals surface area contributed by atoms with Gasteiger partial charge in [-0.1, -0.05) is 34.8 Å². The largest absolute Gasteiger partial charge is 0.369 e. The van der Waals surface area contributed by atoms with Gasteiger partial charge in [-0.2, -0.15) is 0 Å². The number of halogens is 3. The van der Waals surface area contributed by atoms with Crippen LogP contribution in [0.5, 0.6) is 0 Å². The zero-order chi connectivity index (χ0) is 12.7. The number of rotatable bonds is 3. The topological polar surface area (TPSA) is 15.3 Å². The van der Waals surface area contributed by atoms with E-state index in [-0.39, 0.29) is 0 Å². The van der Waals surface area contributed by atoms with E-state index in [1.165, 1.54) is 12.8 Å². The number of nitrogens with zero attached hydrogens (tertiary/aromatic N) is 1. The summed E-state index contributed by atoms with van der Waals surface area (Å²) in [6.07, 6.45) is 3.81. The van der Waals surface area contributed by atoms with Crippen molar-refractivity contribution < 1.29 is 0 Å².